The molecule has 2 nitrogen and oxygen atoms in total. The molecule has 0 aliphatic rings. The Bertz CT molecular complexity index is 386. The van der Waals surface area contributed by atoms with E-state index < -0.39 is 10.8 Å². The van der Waals surface area contributed by atoms with E-state index in [1.165, 1.54) is 0 Å². The van der Waals surface area contributed by atoms with E-state index in [0.717, 1.165) is 15.1 Å². The van der Waals surface area contributed by atoms with Crippen LogP contribution in [0.15, 0.2) is 22.7 Å². The maximum Gasteiger partial charge on any atom is 0.0451 e. The van der Waals surface area contributed by atoms with Crippen LogP contribution in [0.2, 0.25) is 5.02 Å². The van der Waals surface area contributed by atoms with Crippen LogP contribution in [0.5, 0.6) is 0 Å². The highest BCUT2D eigenvalue weighted by molar-refractivity contribution is 9.10. The van der Waals surface area contributed by atoms with Crippen molar-refractivity contribution in [1.82, 2.24) is 5.32 Å². The highest BCUT2D eigenvalue weighted by Crippen LogP contribution is 2.20. The molecule has 0 radical (unpaired) electrons. The summed E-state index contributed by atoms with van der Waals surface area (Å²) in [5, 5.41) is 4.05. The van der Waals surface area contributed by atoms with Gasteiger partial charge in [0.2, 0.25) is 0 Å². The molecule has 1 N–H and O–H groups in total. The van der Waals surface area contributed by atoms with Crippen LogP contribution in [0.4, 0.5) is 0 Å². The van der Waals surface area contributed by atoms with Gasteiger partial charge in [-0.25, -0.2) is 0 Å². The fourth-order valence-electron chi connectivity index (χ4n) is 1.37. The van der Waals surface area contributed by atoms with Crippen LogP contribution in [0.3, 0.4) is 0 Å². The van der Waals surface area contributed by atoms with E-state index in [1.54, 1.807) is 6.26 Å². The first-order valence-corrected chi connectivity index (χ1v) is 7.86. The van der Waals surface area contributed by atoms with E-state index in [4.69, 9.17) is 11.6 Å². The molecule has 0 aliphatic carbocycles. The molecule has 1 aromatic carbocycles. The zero-order valence-electron chi connectivity index (χ0n) is 9.30. The molecule has 0 aromatic heterocycles. The first-order valence-electron chi connectivity index (χ1n) is 4.96. The lowest BCUT2D eigenvalue weighted by Crippen LogP contribution is -2.30. The SMILES string of the molecule is CC(CS(C)=O)NCc1cc(Br)ccc1Cl. The van der Waals surface area contributed by atoms with E-state index in [-0.39, 0.29) is 6.04 Å². The van der Waals surface area contributed by atoms with Crippen molar-refractivity contribution >= 4 is 38.3 Å². The second-order valence-electron chi connectivity index (χ2n) is 3.76. The molecule has 0 fully saturated rings. The summed E-state index contributed by atoms with van der Waals surface area (Å²) in [6.07, 6.45) is 1.71. The molecular weight excluding hydrogens is 310 g/mol. The number of hydrogen-bond donors (Lipinski definition) is 1. The van der Waals surface area contributed by atoms with Crippen LogP contribution >= 0.6 is 27.5 Å². The highest BCUT2D eigenvalue weighted by atomic mass is 79.9. The molecule has 0 amide bonds. The zero-order chi connectivity index (χ0) is 12.1. The van der Waals surface area contributed by atoms with Gasteiger partial charge in [0.1, 0.15) is 0 Å². The van der Waals surface area contributed by atoms with E-state index in [1.807, 2.05) is 25.1 Å². The first kappa shape index (κ1) is 14.2. The Morgan fingerprint density at radius 3 is 2.88 bits per heavy atom. The molecule has 1 rings (SSSR count). The van der Waals surface area contributed by atoms with Crippen molar-refractivity contribution in [2.45, 2.75) is 19.5 Å². The summed E-state index contributed by atoms with van der Waals surface area (Å²) >= 11 is 9.47. The molecular formula is C11H15BrClNOS. The zero-order valence-corrected chi connectivity index (χ0v) is 12.5. The Hall–Kier alpha value is 0.1000. The minimum atomic E-state index is -0.768. The number of rotatable bonds is 5. The average molecular weight is 325 g/mol. The normalized spacial score (nSPS) is 14.8. The summed E-state index contributed by atoms with van der Waals surface area (Å²) in [7, 11) is -0.768. The third kappa shape index (κ3) is 4.95. The molecule has 0 bridgehead atoms. The van der Waals surface area contributed by atoms with Crippen LogP contribution in [-0.4, -0.2) is 22.3 Å². The highest BCUT2D eigenvalue weighted by Gasteiger charge is 2.06. The van der Waals surface area contributed by atoms with Gasteiger partial charge in [-0.2, -0.15) is 0 Å². The minimum Gasteiger partial charge on any atom is -0.309 e. The molecule has 0 spiro atoms. The molecule has 1 aromatic rings. The van der Waals surface area contributed by atoms with Crippen molar-refractivity contribution in [1.29, 1.82) is 0 Å². The fraction of sp³-hybridized carbons (Fsp3) is 0.455. The van der Waals surface area contributed by atoms with Gasteiger partial charge in [-0.15, -0.1) is 0 Å². The number of benzene rings is 1. The topological polar surface area (TPSA) is 29.1 Å². The van der Waals surface area contributed by atoms with Crippen LogP contribution in [-0.2, 0) is 17.3 Å². The molecule has 0 saturated carbocycles. The Balaban J connectivity index is 2.54. The molecule has 2 unspecified atom stereocenters. The van der Waals surface area contributed by atoms with Gasteiger partial charge in [0, 0.05) is 44.9 Å². The molecule has 5 heteroatoms. The predicted molar refractivity (Wildman–Crippen MR) is 74.4 cm³/mol. The summed E-state index contributed by atoms with van der Waals surface area (Å²) in [6.45, 7) is 2.71. The monoisotopic (exact) mass is 323 g/mol. The van der Waals surface area contributed by atoms with Crippen molar-refractivity contribution in [3.63, 3.8) is 0 Å². The molecule has 0 aliphatic heterocycles. The van der Waals surface area contributed by atoms with Crippen molar-refractivity contribution < 1.29 is 4.21 Å². The van der Waals surface area contributed by atoms with Gasteiger partial charge in [-0.3, -0.25) is 4.21 Å². The van der Waals surface area contributed by atoms with Gasteiger partial charge < -0.3 is 5.32 Å². The largest absolute Gasteiger partial charge is 0.309 e. The number of hydrogen-bond acceptors (Lipinski definition) is 2. The van der Waals surface area contributed by atoms with Gasteiger partial charge in [-0.05, 0) is 30.7 Å². The van der Waals surface area contributed by atoms with Gasteiger partial charge >= 0.3 is 0 Å². The Kier molecular flexibility index (Phi) is 5.97. The third-order valence-corrected chi connectivity index (χ3v) is 3.96. The molecule has 2 atom stereocenters. The van der Waals surface area contributed by atoms with Crippen LogP contribution in [0.25, 0.3) is 0 Å². The van der Waals surface area contributed by atoms with E-state index in [0.29, 0.717) is 12.3 Å². The lowest BCUT2D eigenvalue weighted by Gasteiger charge is -2.13. The van der Waals surface area contributed by atoms with Gasteiger partial charge in [-0.1, -0.05) is 27.5 Å². The van der Waals surface area contributed by atoms with E-state index >= 15 is 0 Å². The van der Waals surface area contributed by atoms with Crippen LogP contribution in [0.1, 0.15) is 12.5 Å². The Morgan fingerprint density at radius 1 is 1.56 bits per heavy atom. The van der Waals surface area contributed by atoms with Crippen LogP contribution < -0.4 is 5.32 Å². The quantitative estimate of drug-likeness (QED) is 0.902. The van der Waals surface area contributed by atoms with Gasteiger partial charge in [0.25, 0.3) is 0 Å². The summed E-state index contributed by atoms with van der Waals surface area (Å²) in [5.41, 5.74) is 1.05. The van der Waals surface area contributed by atoms with Crippen molar-refractivity contribution in [3.8, 4) is 0 Å². The summed E-state index contributed by atoms with van der Waals surface area (Å²) in [6, 6.07) is 5.99. The molecule has 0 heterocycles. The maximum absolute atomic E-state index is 11.0. The van der Waals surface area contributed by atoms with E-state index in [9.17, 15) is 4.21 Å². The lowest BCUT2D eigenvalue weighted by molar-refractivity contribution is 0.587. The summed E-state index contributed by atoms with van der Waals surface area (Å²) < 4.78 is 12.0. The second kappa shape index (κ2) is 6.74. The van der Waals surface area contributed by atoms with Crippen molar-refractivity contribution in [2.24, 2.45) is 0 Å². The van der Waals surface area contributed by atoms with Crippen LogP contribution in [0, 0.1) is 0 Å². The fourth-order valence-corrected chi connectivity index (χ4v) is 2.79. The average Bonchev–Trinajstić information content (AvgIpc) is 2.18. The maximum atomic E-state index is 11.0. The van der Waals surface area contributed by atoms with Gasteiger partial charge in [0.05, 0.1) is 0 Å². The minimum absolute atomic E-state index is 0.223. The number of halogens is 2. The second-order valence-corrected chi connectivity index (χ2v) is 6.56. The van der Waals surface area contributed by atoms with E-state index in [2.05, 4.69) is 21.2 Å². The summed E-state index contributed by atoms with van der Waals surface area (Å²) in [5.74, 6) is 0.658. The molecule has 0 saturated heterocycles. The van der Waals surface area contributed by atoms with Gasteiger partial charge in [0.15, 0.2) is 0 Å². The number of nitrogens with one attached hydrogen (secondary N) is 1. The Morgan fingerprint density at radius 2 is 2.25 bits per heavy atom. The predicted octanol–water partition coefficient (Wildman–Crippen LogP) is 2.96. The molecule has 16 heavy (non-hydrogen) atoms. The third-order valence-electron chi connectivity index (χ3n) is 2.13. The summed E-state index contributed by atoms with van der Waals surface area (Å²) in [4.78, 5) is 0. The Labute approximate surface area is 112 Å². The van der Waals surface area contributed by atoms with Crippen molar-refractivity contribution in [2.75, 3.05) is 12.0 Å². The van der Waals surface area contributed by atoms with Crippen molar-refractivity contribution in [3.05, 3.63) is 33.3 Å². The molecule has 90 valence electrons. The standard InChI is InChI=1S/C11H15BrClNOS/c1-8(7-16(2)15)14-6-9-5-10(12)3-4-11(9)13/h3-5,8,14H,6-7H2,1-2H3. The lowest BCUT2D eigenvalue weighted by atomic mass is 10.2. The smallest absolute Gasteiger partial charge is 0.0451 e. The first-order chi connectivity index (χ1) is 7.49.